The molecule has 1 aromatic carbocycles. The van der Waals surface area contributed by atoms with Crippen molar-refractivity contribution in [3.05, 3.63) is 28.3 Å². The van der Waals surface area contributed by atoms with Gasteiger partial charge in [-0.25, -0.2) is 9.78 Å². The fourth-order valence-electron chi connectivity index (χ4n) is 2.99. The van der Waals surface area contributed by atoms with Crippen LogP contribution in [0.1, 0.15) is 27.7 Å². The molecule has 0 bridgehead atoms. The second-order valence-electron chi connectivity index (χ2n) is 7.49. The Kier molecular flexibility index (Phi) is 4.47. The number of carbonyl (C=O) groups is 1. The lowest BCUT2D eigenvalue weighted by atomic mass is 10.2. The second-order valence-corrected chi connectivity index (χ2v) is 7.49. The number of benzene rings is 1. The van der Waals surface area contributed by atoms with Crippen LogP contribution in [0.3, 0.4) is 0 Å². The van der Waals surface area contributed by atoms with Gasteiger partial charge in [-0.15, -0.1) is 0 Å². The minimum Gasteiger partial charge on any atom is -0.444 e. The number of nitro groups is 1. The Bertz CT molecular complexity index is 841. The molecule has 3 rings (SSSR count). The van der Waals surface area contributed by atoms with E-state index in [9.17, 15) is 14.9 Å². The predicted molar refractivity (Wildman–Crippen MR) is 97.4 cm³/mol. The van der Waals surface area contributed by atoms with Crippen LogP contribution in [-0.4, -0.2) is 57.2 Å². The van der Waals surface area contributed by atoms with Crippen molar-refractivity contribution in [3.8, 4) is 0 Å². The quantitative estimate of drug-likeness (QED) is 0.651. The van der Waals surface area contributed by atoms with Gasteiger partial charge in [0.1, 0.15) is 5.60 Å². The summed E-state index contributed by atoms with van der Waals surface area (Å²) in [5, 5.41) is 10.9. The number of nitrogens with zero attached hydrogens (tertiary/aromatic N) is 4. The minimum absolute atomic E-state index is 0.0239. The number of amides is 1. The van der Waals surface area contributed by atoms with Crippen molar-refractivity contribution in [2.75, 3.05) is 24.5 Å². The van der Waals surface area contributed by atoms with Crippen molar-refractivity contribution < 1.29 is 14.5 Å². The topological polar surface area (TPSA) is 105 Å². The summed E-state index contributed by atoms with van der Waals surface area (Å²) < 4.78 is 5.45. The highest BCUT2D eigenvalue weighted by Gasteiger charge is 2.31. The van der Waals surface area contributed by atoms with Crippen molar-refractivity contribution in [1.82, 2.24) is 14.9 Å². The highest BCUT2D eigenvalue weighted by Crippen LogP contribution is 2.24. The smallest absolute Gasteiger partial charge is 0.410 e. The van der Waals surface area contributed by atoms with E-state index >= 15 is 0 Å². The van der Waals surface area contributed by atoms with Crippen LogP contribution < -0.4 is 4.90 Å². The van der Waals surface area contributed by atoms with E-state index < -0.39 is 10.5 Å². The maximum absolute atomic E-state index is 12.3. The molecule has 9 nitrogen and oxygen atoms in total. The number of ether oxygens (including phenoxy) is 1. The van der Waals surface area contributed by atoms with Crippen LogP contribution >= 0.6 is 0 Å². The van der Waals surface area contributed by atoms with Gasteiger partial charge in [0.2, 0.25) is 5.95 Å². The largest absolute Gasteiger partial charge is 0.444 e. The third-order valence-corrected chi connectivity index (χ3v) is 4.22. The molecular formula is C17H23N5O4. The second kappa shape index (κ2) is 6.47. The first-order chi connectivity index (χ1) is 12.1. The van der Waals surface area contributed by atoms with Gasteiger partial charge in [-0.1, -0.05) is 0 Å². The molecule has 1 amide bonds. The van der Waals surface area contributed by atoms with Crippen LogP contribution in [0.5, 0.6) is 0 Å². The highest BCUT2D eigenvalue weighted by molar-refractivity contribution is 5.80. The van der Waals surface area contributed by atoms with Crippen molar-refractivity contribution in [2.45, 2.75) is 39.3 Å². The third-order valence-electron chi connectivity index (χ3n) is 4.22. The Morgan fingerprint density at radius 2 is 2.12 bits per heavy atom. The molecule has 0 spiro atoms. The predicted octanol–water partition coefficient (Wildman–Crippen LogP) is 2.92. The lowest BCUT2D eigenvalue weighted by molar-refractivity contribution is -0.384. The zero-order valence-electron chi connectivity index (χ0n) is 15.4. The maximum Gasteiger partial charge on any atom is 0.410 e. The standard InChI is InChI=1S/C17H23N5O4/c1-11-10-20(7-8-21(11)16(23)26-17(2,3)4)15-18-13-6-5-12(22(24)25)9-14(13)19-15/h5-6,9,11H,7-8,10H2,1-4H3,(H,18,19). The van der Waals surface area contributed by atoms with Gasteiger partial charge >= 0.3 is 6.09 Å². The average molecular weight is 361 g/mol. The van der Waals surface area contributed by atoms with Crippen LogP contribution in [0.4, 0.5) is 16.4 Å². The minimum atomic E-state index is -0.526. The molecule has 0 aliphatic carbocycles. The van der Waals surface area contributed by atoms with Crippen molar-refractivity contribution in [1.29, 1.82) is 0 Å². The molecular weight excluding hydrogens is 338 g/mol. The van der Waals surface area contributed by atoms with E-state index in [1.54, 1.807) is 11.0 Å². The fraction of sp³-hybridized carbons (Fsp3) is 0.529. The molecule has 1 saturated heterocycles. The van der Waals surface area contributed by atoms with E-state index in [0.29, 0.717) is 36.6 Å². The lowest BCUT2D eigenvalue weighted by Crippen LogP contribution is -2.55. The molecule has 1 unspecified atom stereocenters. The molecule has 9 heteroatoms. The molecule has 1 aliphatic heterocycles. The zero-order valence-corrected chi connectivity index (χ0v) is 15.4. The van der Waals surface area contributed by atoms with Crippen LogP contribution in [0.2, 0.25) is 0 Å². The van der Waals surface area contributed by atoms with E-state index in [2.05, 4.69) is 9.97 Å². The number of aromatic amines is 1. The number of hydrogen-bond acceptors (Lipinski definition) is 6. The van der Waals surface area contributed by atoms with Crippen LogP contribution in [0, 0.1) is 10.1 Å². The number of piperazine rings is 1. The van der Waals surface area contributed by atoms with E-state index in [4.69, 9.17) is 4.74 Å². The molecule has 0 saturated carbocycles. The van der Waals surface area contributed by atoms with Gasteiger partial charge in [0, 0.05) is 37.8 Å². The molecule has 1 aliphatic rings. The van der Waals surface area contributed by atoms with E-state index in [-0.39, 0.29) is 17.8 Å². The van der Waals surface area contributed by atoms with Gasteiger partial charge in [-0.2, -0.15) is 0 Å². The number of hydrogen-bond donors (Lipinski definition) is 1. The summed E-state index contributed by atoms with van der Waals surface area (Å²) in [5.41, 5.74) is 0.793. The molecule has 26 heavy (non-hydrogen) atoms. The molecule has 2 heterocycles. The number of rotatable bonds is 2. The van der Waals surface area contributed by atoms with Crippen LogP contribution in [0.25, 0.3) is 11.0 Å². The molecule has 1 aromatic heterocycles. The van der Waals surface area contributed by atoms with Crippen molar-refractivity contribution >= 4 is 28.8 Å². The summed E-state index contributed by atoms with van der Waals surface area (Å²) in [4.78, 5) is 34.2. The number of fused-ring (bicyclic) bond motifs is 1. The Hall–Kier alpha value is -2.84. The summed E-state index contributed by atoms with van der Waals surface area (Å²) >= 11 is 0. The SMILES string of the molecule is CC1CN(c2nc3ccc([N+](=O)[O-])cc3[nH]2)CCN1C(=O)OC(C)(C)C. The molecule has 0 radical (unpaired) electrons. The summed E-state index contributed by atoms with van der Waals surface area (Å²) in [6, 6.07) is 4.51. The summed E-state index contributed by atoms with van der Waals surface area (Å²) in [5.74, 6) is 0.649. The monoisotopic (exact) mass is 361 g/mol. The number of H-pyrrole nitrogens is 1. The van der Waals surface area contributed by atoms with Gasteiger partial charge in [-0.3, -0.25) is 10.1 Å². The molecule has 140 valence electrons. The number of nitro benzene ring substituents is 1. The molecule has 1 fully saturated rings. The first-order valence-electron chi connectivity index (χ1n) is 8.53. The fourth-order valence-corrected chi connectivity index (χ4v) is 2.99. The Morgan fingerprint density at radius 1 is 1.38 bits per heavy atom. The summed E-state index contributed by atoms with van der Waals surface area (Å²) in [7, 11) is 0. The maximum atomic E-state index is 12.3. The van der Waals surface area contributed by atoms with Gasteiger partial charge in [-0.05, 0) is 33.8 Å². The number of carbonyl (C=O) groups excluding carboxylic acids is 1. The zero-order chi connectivity index (χ0) is 19.1. The van der Waals surface area contributed by atoms with Gasteiger partial charge in [0.05, 0.1) is 16.0 Å². The third kappa shape index (κ3) is 3.71. The first kappa shape index (κ1) is 18.0. The Labute approximate surface area is 151 Å². The normalized spacial score (nSPS) is 18.2. The van der Waals surface area contributed by atoms with Crippen LogP contribution in [0.15, 0.2) is 18.2 Å². The Balaban J connectivity index is 1.73. The van der Waals surface area contributed by atoms with Crippen molar-refractivity contribution in [3.63, 3.8) is 0 Å². The average Bonchev–Trinajstić information content (AvgIpc) is 2.95. The summed E-state index contributed by atoms with van der Waals surface area (Å²) in [6.07, 6.45) is -0.315. The highest BCUT2D eigenvalue weighted by atomic mass is 16.6. The Morgan fingerprint density at radius 3 is 2.73 bits per heavy atom. The molecule has 1 N–H and O–H groups in total. The summed E-state index contributed by atoms with van der Waals surface area (Å²) in [6.45, 7) is 9.22. The van der Waals surface area contributed by atoms with E-state index in [1.807, 2.05) is 32.6 Å². The van der Waals surface area contributed by atoms with Gasteiger partial charge in [0.15, 0.2) is 0 Å². The number of non-ortho nitro benzene ring substituents is 1. The van der Waals surface area contributed by atoms with Crippen molar-refractivity contribution in [2.24, 2.45) is 0 Å². The number of aromatic nitrogens is 2. The van der Waals surface area contributed by atoms with Crippen LogP contribution in [-0.2, 0) is 4.74 Å². The molecule has 1 atom stereocenters. The molecule has 2 aromatic rings. The van der Waals surface area contributed by atoms with E-state index in [0.717, 1.165) is 0 Å². The van der Waals surface area contributed by atoms with Gasteiger partial charge in [0.25, 0.3) is 5.69 Å². The van der Waals surface area contributed by atoms with E-state index in [1.165, 1.54) is 12.1 Å². The number of anilines is 1. The van der Waals surface area contributed by atoms with Gasteiger partial charge < -0.3 is 19.5 Å². The number of imidazole rings is 1. The number of nitrogens with one attached hydrogen (secondary N) is 1. The lowest BCUT2D eigenvalue weighted by Gasteiger charge is -2.40. The first-order valence-corrected chi connectivity index (χ1v) is 8.53.